The van der Waals surface area contributed by atoms with E-state index in [1.165, 1.54) is 6.92 Å². The molecule has 144 valence electrons. The molecule has 2 aromatic heterocycles. The summed E-state index contributed by atoms with van der Waals surface area (Å²) in [5.74, 6) is 2.08. The van der Waals surface area contributed by atoms with Crippen molar-refractivity contribution < 1.29 is 23.4 Å². The van der Waals surface area contributed by atoms with Crippen molar-refractivity contribution in [2.75, 3.05) is 6.61 Å². The molecular formula is C21H19NO5S. The van der Waals surface area contributed by atoms with E-state index in [9.17, 15) is 4.79 Å². The molecule has 6 nitrogen and oxygen atoms in total. The van der Waals surface area contributed by atoms with Gasteiger partial charge in [0.1, 0.15) is 35.3 Å². The van der Waals surface area contributed by atoms with E-state index >= 15 is 0 Å². The lowest BCUT2D eigenvalue weighted by atomic mass is 10.1. The minimum Gasteiger partial charge on any atom is -0.486 e. The molecular weight excluding hydrogens is 378 g/mol. The Balaban J connectivity index is 1.62. The average Bonchev–Trinajstić information content (AvgIpc) is 3.32. The number of fused-ring (bicyclic) bond motifs is 1. The predicted molar refractivity (Wildman–Crippen MR) is 106 cm³/mol. The molecule has 0 atom stereocenters. The van der Waals surface area contributed by atoms with Crippen molar-refractivity contribution in [3.05, 3.63) is 63.5 Å². The van der Waals surface area contributed by atoms with Crippen LogP contribution in [0.5, 0.6) is 5.75 Å². The largest absolute Gasteiger partial charge is 0.486 e. The highest BCUT2D eigenvalue weighted by Gasteiger charge is 2.24. The SMILES string of the molecule is CC(=O)OC1=C(C)COC(c2cc3cc(OCc4nccs4)ccc3o2)=C1C. The molecule has 0 bridgehead atoms. The molecule has 3 aromatic rings. The molecule has 0 spiro atoms. The third kappa shape index (κ3) is 3.66. The molecule has 4 rings (SSSR count). The Bertz CT molecular complexity index is 1090. The molecule has 0 N–H and O–H groups in total. The van der Waals surface area contributed by atoms with Crippen LogP contribution in [0, 0.1) is 0 Å². The Morgan fingerprint density at radius 3 is 2.89 bits per heavy atom. The van der Waals surface area contributed by atoms with Crippen LogP contribution in [-0.2, 0) is 20.9 Å². The second kappa shape index (κ2) is 7.52. The number of thiazole rings is 1. The van der Waals surface area contributed by atoms with Crippen LogP contribution >= 0.6 is 11.3 Å². The molecule has 28 heavy (non-hydrogen) atoms. The average molecular weight is 397 g/mol. The second-order valence-corrected chi connectivity index (χ2v) is 7.45. The molecule has 1 aliphatic heterocycles. The normalized spacial score (nSPS) is 14.4. The second-order valence-electron chi connectivity index (χ2n) is 6.47. The summed E-state index contributed by atoms with van der Waals surface area (Å²) in [6.07, 6.45) is 1.76. The Kier molecular flexibility index (Phi) is 4.92. The summed E-state index contributed by atoms with van der Waals surface area (Å²) in [5, 5.41) is 3.74. The molecule has 0 fully saturated rings. The van der Waals surface area contributed by atoms with Crippen molar-refractivity contribution >= 4 is 34.0 Å². The number of esters is 1. The summed E-state index contributed by atoms with van der Waals surface area (Å²) < 4.78 is 23.0. The zero-order valence-corrected chi connectivity index (χ0v) is 16.6. The van der Waals surface area contributed by atoms with Gasteiger partial charge in [-0.1, -0.05) is 0 Å². The van der Waals surface area contributed by atoms with E-state index < -0.39 is 0 Å². The van der Waals surface area contributed by atoms with Crippen molar-refractivity contribution in [2.45, 2.75) is 27.4 Å². The van der Waals surface area contributed by atoms with Gasteiger partial charge < -0.3 is 18.6 Å². The standard InChI is InChI=1S/C21H19NO5S/c1-12-10-25-21(13(2)20(12)26-14(3)23)18-9-15-8-16(4-5-17(15)27-18)24-11-19-22-6-7-28-19/h4-9H,10-11H2,1-3H3. The summed E-state index contributed by atoms with van der Waals surface area (Å²) in [4.78, 5) is 15.6. The van der Waals surface area contributed by atoms with Gasteiger partial charge >= 0.3 is 5.97 Å². The van der Waals surface area contributed by atoms with Crippen LogP contribution in [-0.4, -0.2) is 17.6 Å². The molecule has 0 radical (unpaired) electrons. The van der Waals surface area contributed by atoms with Crippen molar-refractivity contribution in [1.29, 1.82) is 0 Å². The highest BCUT2D eigenvalue weighted by molar-refractivity contribution is 7.09. The number of carbonyl (C=O) groups is 1. The van der Waals surface area contributed by atoms with Crippen LogP contribution in [0.1, 0.15) is 31.5 Å². The predicted octanol–water partition coefficient (Wildman–Crippen LogP) is 5.07. The maximum Gasteiger partial charge on any atom is 0.308 e. The van der Waals surface area contributed by atoms with Gasteiger partial charge in [0.2, 0.25) is 0 Å². The first kappa shape index (κ1) is 18.3. The van der Waals surface area contributed by atoms with E-state index in [1.54, 1.807) is 17.5 Å². The van der Waals surface area contributed by atoms with Crippen molar-refractivity contribution in [1.82, 2.24) is 4.98 Å². The molecule has 0 amide bonds. The van der Waals surface area contributed by atoms with Gasteiger partial charge in [0.05, 0.1) is 0 Å². The maximum atomic E-state index is 11.4. The van der Waals surface area contributed by atoms with Crippen LogP contribution < -0.4 is 4.74 Å². The highest BCUT2D eigenvalue weighted by atomic mass is 32.1. The Hall–Kier alpha value is -3.06. The van der Waals surface area contributed by atoms with Gasteiger partial charge in [-0.15, -0.1) is 11.3 Å². The van der Waals surface area contributed by atoms with Gasteiger partial charge in [-0.2, -0.15) is 0 Å². The number of hydrogen-bond donors (Lipinski definition) is 0. The summed E-state index contributed by atoms with van der Waals surface area (Å²) in [6.45, 7) is 5.89. The number of benzene rings is 1. The topological polar surface area (TPSA) is 70.8 Å². The number of nitrogens with zero attached hydrogens (tertiary/aromatic N) is 1. The molecule has 0 saturated carbocycles. The van der Waals surface area contributed by atoms with Gasteiger partial charge in [0.25, 0.3) is 0 Å². The van der Waals surface area contributed by atoms with Crippen LogP contribution in [0.2, 0.25) is 0 Å². The Morgan fingerprint density at radius 2 is 2.14 bits per heavy atom. The fraction of sp³-hybridized carbons (Fsp3) is 0.238. The Labute approximate surface area is 166 Å². The first-order valence-corrected chi connectivity index (χ1v) is 9.66. The monoisotopic (exact) mass is 397 g/mol. The minimum absolute atomic E-state index is 0.342. The van der Waals surface area contributed by atoms with E-state index in [0.29, 0.717) is 30.5 Å². The van der Waals surface area contributed by atoms with Gasteiger partial charge in [-0.05, 0) is 38.1 Å². The van der Waals surface area contributed by atoms with E-state index in [-0.39, 0.29) is 5.97 Å². The van der Waals surface area contributed by atoms with Crippen molar-refractivity contribution in [2.24, 2.45) is 0 Å². The first-order chi connectivity index (χ1) is 13.5. The van der Waals surface area contributed by atoms with E-state index in [2.05, 4.69) is 4.98 Å². The minimum atomic E-state index is -0.360. The molecule has 3 heterocycles. The van der Waals surface area contributed by atoms with Gasteiger partial charge in [-0.3, -0.25) is 4.79 Å². The molecule has 7 heteroatoms. The zero-order valence-electron chi connectivity index (χ0n) is 15.8. The molecule has 1 aromatic carbocycles. The lowest BCUT2D eigenvalue weighted by Crippen LogP contribution is -2.13. The number of allylic oxidation sites excluding steroid dienone is 1. The highest BCUT2D eigenvalue weighted by Crippen LogP contribution is 2.35. The molecule has 0 aliphatic carbocycles. The van der Waals surface area contributed by atoms with Crippen LogP contribution in [0.3, 0.4) is 0 Å². The summed E-state index contributed by atoms with van der Waals surface area (Å²) in [5.41, 5.74) is 2.32. The summed E-state index contributed by atoms with van der Waals surface area (Å²) in [7, 11) is 0. The van der Waals surface area contributed by atoms with E-state index in [0.717, 1.165) is 32.9 Å². The van der Waals surface area contributed by atoms with Crippen LogP contribution in [0.15, 0.2) is 57.2 Å². The molecule has 1 aliphatic rings. The van der Waals surface area contributed by atoms with Crippen molar-refractivity contribution in [3.8, 4) is 5.75 Å². The summed E-state index contributed by atoms with van der Waals surface area (Å²) in [6, 6.07) is 7.54. The van der Waals surface area contributed by atoms with E-state index in [1.807, 2.05) is 43.5 Å². The number of furan rings is 1. The van der Waals surface area contributed by atoms with Crippen LogP contribution in [0.4, 0.5) is 0 Å². The van der Waals surface area contributed by atoms with E-state index in [4.69, 9.17) is 18.6 Å². The number of carbonyl (C=O) groups excluding carboxylic acids is 1. The van der Waals surface area contributed by atoms with Crippen LogP contribution in [0.25, 0.3) is 16.7 Å². The smallest absolute Gasteiger partial charge is 0.308 e. The van der Waals surface area contributed by atoms with Gasteiger partial charge in [0, 0.05) is 35.0 Å². The third-order valence-corrected chi connectivity index (χ3v) is 5.06. The van der Waals surface area contributed by atoms with Gasteiger partial charge in [-0.25, -0.2) is 4.98 Å². The zero-order chi connectivity index (χ0) is 19.7. The lowest BCUT2D eigenvalue weighted by molar-refractivity contribution is -0.136. The summed E-state index contributed by atoms with van der Waals surface area (Å²) >= 11 is 1.56. The number of aromatic nitrogens is 1. The fourth-order valence-electron chi connectivity index (χ4n) is 3.03. The third-order valence-electron chi connectivity index (χ3n) is 4.30. The van der Waals surface area contributed by atoms with Crippen molar-refractivity contribution in [3.63, 3.8) is 0 Å². The maximum absolute atomic E-state index is 11.4. The number of hydrogen-bond acceptors (Lipinski definition) is 7. The number of ether oxygens (including phenoxy) is 3. The first-order valence-electron chi connectivity index (χ1n) is 8.78. The fourth-order valence-corrected chi connectivity index (χ4v) is 3.56. The lowest BCUT2D eigenvalue weighted by Gasteiger charge is -2.21. The van der Waals surface area contributed by atoms with Gasteiger partial charge in [0.15, 0.2) is 11.5 Å². The molecule has 0 unspecified atom stereocenters. The Morgan fingerprint density at radius 1 is 1.29 bits per heavy atom. The number of rotatable bonds is 5. The molecule has 0 saturated heterocycles. The quantitative estimate of drug-likeness (QED) is 0.560.